The highest BCUT2D eigenvalue weighted by Gasteiger charge is 2.37. The predicted molar refractivity (Wildman–Crippen MR) is 116 cm³/mol. The average molecular weight is 445 g/mol. The highest BCUT2D eigenvalue weighted by molar-refractivity contribution is 5.75. The number of methoxy groups -OCH3 is 2. The van der Waals surface area contributed by atoms with E-state index in [1.165, 1.54) is 33.3 Å². The van der Waals surface area contributed by atoms with E-state index in [-0.39, 0.29) is 5.69 Å². The van der Waals surface area contributed by atoms with Crippen LogP contribution in [0.15, 0.2) is 24.3 Å². The number of benzene rings is 2. The SMILES string of the molecule is COc1c(OC(C)=O)c(C)c2c(c1OC)OC(C)(CCOc1ccc([N+](=O)[O-])cc1)CC2. The van der Waals surface area contributed by atoms with Gasteiger partial charge in [-0.1, -0.05) is 0 Å². The Morgan fingerprint density at radius 3 is 2.38 bits per heavy atom. The van der Waals surface area contributed by atoms with Crippen LogP contribution < -0.4 is 23.7 Å². The molecule has 2 aromatic carbocycles. The number of rotatable bonds is 8. The van der Waals surface area contributed by atoms with Crippen LogP contribution in [0.25, 0.3) is 0 Å². The molecule has 0 aliphatic carbocycles. The Bertz CT molecular complexity index is 1020. The van der Waals surface area contributed by atoms with Gasteiger partial charge in [-0.2, -0.15) is 0 Å². The molecule has 1 atom stereocenters. The Hall–Kier alpha value is -3.49. The molecule has 0 amide bonds. The lowest BCUT2D eigenvalue weighted by Crippen LogP contribution is -2.38. The first kappa shape index (κ1) is 23.2. The molecule has 3 rings (SSSR count). The number of nitro benzene ring substituents is 1. The van der Waals surface area contributed by atoms with Crippen molar-refractivity contribution >= 4 is 11.7 Å². The summed E-state index contributed by atoms with van der Waals surface area (Å²) in [5.74, 6) is 1.71. The first-order valence-corrected chi connectivity index (χ1v) is 10.2. The van der Waals surface area contributed by atoms with Crippen LogP contribution in [0.5, 0.6) is 28.7 Å². The summed E-state index contributed by atoms with van der Waals surface area (Å²) in [6.07, 6.45) is 2.00. The molecule has 0 aromatic heterocycles. The molecule has 1 heterocycles. The maximum absolute atomic E-state index is 11.6. The van der Waals surface area contributed by atoms with Crippen LogP contribution in [-0.2, 0) is 11.2 Å². The number of carbonyl (C=O) groups is 1. The van der Waals surface area contributed by atoms with Crippen molar-refractivity contribution in [2.75, 3.05) is 20.8 Å². The molecule has 0 bridgehead atoms. The van der Waals surface area contributed by atoms with Crippen LogP contribution in [-0.4, -0.2) is 37.3 Å². The van der Waals surface area contributed by atoms with E-state index < -0.39 is 16.5 Å². The first-order valence-electron chi connectivity index (χ1n) is 10.2. The maximum atomic E-state index is 11.6. The lowest BCUT2D eigenvalue weighted by Gasteiger charge is -2.37. The smallest absolute Gasteiger partial charge is 0.308 e. The van der Waals surface area contributed by atoms with E-state index in [2.05, 4.69) is 0 Å². The Labute approximate surface area is 186 Å². The zero-order valence-corrected chi connectivity index (χ0v) is 18.9. The minimum absolute atomic E-state index is 0.0149. The standard InChI is InChI=1S/C23H27NO8/c1-14-18-10-11-23(3,12-13-30-17-8-6-16(7-9-17)24(26)27)32-20(18)22(29-5)21(28-4)19(14)31-15(2)25/h6-9H,10-13H2,1-5H3. The monoisotopic (exact) mass is 445 g/mol. The Kier molecular flexibility index (Phi) is 6.76. The number of hydrogen-bond donors (Lipinski definition) is 0. The molecule has 9 nitrogen and oxygen atoms in total. The Balaban J connectivity index is 1.79. The van der Waals surface area contributed by atoms with Gasteiger partial charge in [0.25, 0.3) is 5.69 Å². The Morgan fingerprint density at radius 1 is 1.16 bits per heavy atom. The number of carbonyl (C=O) groups excluding carboxylic acids is 1. The summed E-state index contributed by atoms with van der Waals surface area (Å²) in [6, 6.07) is 5.96. The number of ether oxygens (including phenoxy) is 5. The third-order valence-electron chi connectivity index (χ3n) is 5.54. The van der Waals surface area contributed by atoms with Crippen molar-refractivity contribution in [2.45, 2.75) is 45.6 Å². The summed E-state index contributed by atoms with van der Waals surface area (Å²) in [5.41, 5.74) is 1.17. The number of fused-ring (bicyclic) bond motifs is 1. The average Bonchev–Trinajstić information content (AvgIpc) is 2.75. The normalized spacial score (nSPS) is 17.0. The van der Waals surface area contributed by atoms with E-state index in [1.807, 2.05) is 13.8 Å². The Morgan fingerprint density at radius 2 is 1.81 bits per heavy atom. The molecule has 1 aliphatic rings. The fourth-order valence-electron chi connectivity index (χ4n) is 3.78. The van der Waals surface area contributed by atoms with E-state index in [0.717, 1.165) is 17.5 Å². The number of hydrogen-bond acceptors (Lipinski definition) is 8. The van der Waals surface area contributed by atoms with Gasteiger partial charge < -0.3 is 23.7 Å². The summed E-state index contributed by atoms with van der Waals surface area (Å²) in [6.45, 7) is 5.57. The fourth-order valence-corrected chi connectivity index (χ4v) is 3.78. The van der Waals surface area contributed by atoms with E-state index in [9.17, 15) is 14.9 Å². The van der Waals surface area contributed by atoms with Crippen molar-refractivity contribution in [3.05, 3.63) is 45.5 Å². The van der Waals surface area contributed by atoms with Gasteiger partial charge in [-0.25, -0.2) is 0 Å². The van der Waals surface area contributed by atoms with Crippen molar-refractivity contribution in [3.63, 3.8) is 0 Å². The third kappa shape index (κ3) is 4.71. The number of esters is 1. The van der Waals surface area contributed by atoms with Gasteiger partial charge in [0.2, 0.25) is 11.5 Å². The molecule has 32 heavy (non-hydrogen) atoms. The summed E-state index contributed by atoms with van der Waals surface area (Å²) in [5, 5.41) is 10.8. The van der Waals surface area contributed by atoms with Crippen LogP contribution in [0, 0.1) is 17.0 Å². The molecule has 2 aromatic rings. The molecule has 0 saturated carbocycles. The molecule has 172 valence electrons. The zero-order valence-electron chi connectivity index (χ0n) is 18.9. The van der Waals surface area contributed by atoms with Gasteiger partial charge in [0, 0.05) is 36.6 Å². The summed E-state index contributed by atoms with van der Waals surface area (Å²) in [4.78, 5) is 21.9. The molecule has 0 N–H and O–H groups in total. The highest BCUT2D eigenvalue weighted by atomic mass is 16.6. The molecular formula is C23H27NO8. The lowest BCUT2D eigenvalue weighted by molar-refractivity contribution is -0.384. The molecule has 9 heteroatoms. The topological polar surface area (TPSA) is 106 Å². The van der Waals surface area contributed by atoms with Crippen molar-refractivity contribution in [2.24, 2.45) is 0 Å². The minimum atomic E-state index is -0.526. The van der Waals surface area contributed by atoms with Gasteiger partial charge in [0.15, 0.2) is 11.5 Å². The second kappa shape index (κ2) is 9.33. The molecular weight excluding hydrogens is 418 g/mol. The van der Waals surface area contributed by atoms with Crippen LogP contribution in [0.4, 0.5) is 5.69 Å². The largest absolute Gasteiger partial charge is 0.493 e. The van der Waals surface area contributed by atoms with Crippen molar-refractivity contribution < 1.29 is 33.4 Å². The van der Waals surface area contributed by atoms with Gasteiger partial charge >= 0.3 is 5.97 Å². The molecule has 1 unspecified atom stereocenters. The number of nitro groups is 1. The van der Waals surface area contributed by atoms with Crippen LogP contribution in [0.3, 0.4) is 0 Å². The molecule has 0 saturated heterocycles. The van der Waals surface area contributed by atoms with Gasteiger partial charge in [-0.05, 0) is 38.8 Å². The number of nitrogens with zero attached hydrogens (tertiary/aromatic N) is 1. The van der Waals surface area contributed by atoms with E-state index in [4.69, 9.17) is 23.7 Å². The van der Waals surface area contributed by atoms with Crippen LogP contribution >= 0.6 is 0 Å². The fraction of sp³-hybridized carbons (Fsp3) is 0.435. The van der Waals surface area contributed by atoms with Gasteiger partial charge in [0.05, 0.1) is 25.7 Å². The molecule has 0 radical (unpaired) electrons. The first-order chi connectivity index (χ1) is 15.2. The van der Waals surface area contributed by atoms with Crippen molar-refractivity contribution in [3.8, 4) is 28.7 Å². The van der Waals surface area contributed by atoms with Gasteiger partial charge in [-0.15, -0.1) is 0 Å². The zero-order chi connectivity index (χ0) is 23.5. The molecule has 0 fully saturated rings. The quantitative estimate of drug-likeness (QED) is 0.255. The van der Waals surface area contributed by atoms with E-state index in [1.54, 1.807) is 12.1 Å². The second-order valence-electron chi connectivity index (χ2n) is 7.82. The molecule has 0 spiro atoms. The lowest BCUT2D eigenvalue weighted by atomic mass is 9.87. The van der Waals surface area contributed by atoms with Crippen molar-refractivity contribution in [1.82, 2.24) is 0 Å². The van der Waals surface area contributed by atoms with E-state index >= 15 is 0 Å². The minimum Gasteiger partial charge on any atom is -0.493 e. The second-order valence-corrected chi connectivity index (χ2v) is 7.82. The predicted octanol–water partition coefficient (Wildman–Crippen LogP) is 4.40. The maximum Gasteiger partial charge on any atom is 0.308 e. The number of non-ortho nitro benzene ring substituents is 1. The summed E-state index contributed by atoms with van der Waals surface area (Å²) < 4.78 is 28.6. The molecule has 1 aliphatic heterocycles. The highest BCUT2D eigenvalue weighted by Crippen LogP contribution is 2.53. The van der Waals surface area contributed by atoms with Crippen molar-refractivity contribution in [1.29, 1.82) is 0 Å². The third-order valence-corrected chi connectivity index (χ3v) is 5.54. The van der Waals surface area contributed by atoms with Gasteiger partial charge in [0.1, 0.15) is 11.4 Å². The van der Waals surface area contributed by atoms with E-state index in [0.29, 0.717) is 48.2 Å². The van der Waals surface area contributed by atoms with Crippen LogP contribution in [0.1, 0.15) is 37.8 Å². The summed E-state index contributed by atoms with van der Waals surface area (Å²) in [7, 11) is 2.99. The summed E-state index contributed by atoms with van der Waals surface area (Å²) >= 11 is 0. The van der Waals surface area contributed by atoms with Crippen LogP contribution in [0.2, 0.25) is 0 Å². The van der Waals surface area contributed by atoms with Gasteiger partial charge in [-0.3, -0.25) is 14.9 Å².